The molecule has 6 radical (unpaired) electrons. The number of carbonyl (C=O) groups is 1. The molecule has 18 heavy (non-hydrogen) atoms. The summed E-state index contributed by atoms with van der Waals surface area (Å²) in [7, 11) is 0. The minimum Gasteiger partial charge on any atom is 0 e. The van der Waals surface area contributed by atoms with Gasteiger partial charge in [0, 0.05) is 34.8 Å². The van der Waals surface area contributed by atoms with E-state index >= 15 is 0 Å². The number of hydrogen-bond donors (Lipinski definition) is 0. The molecule has 0 amide bonds. The Bertz CT molecular complexity index is 259. The van der Waals surface area contributed by atoms with Crippen molar-refractivity contribution in [3.8, 4) is 0 Å². The van der Waals surface area contributed by atoms with Crippen LogP contribution in [0.5, 0.6) is 0 Å². The number of ketones is 1. The van der Waals surface area contributed by atoms with Gasteiger partial charge in [-0.3, -0.25) is 4.79 Å². The van der Waals surface area contributed by atoms with Gasteiger partial charge in [0.15, 0.2) is 0 Å². The molecule has 1 saturated heterocycles. The van der Waals surface area contributed by atoms with Crippen LogP contribution in [0.2, 0.25) is 0 Å². The molecule has 1 saturated carbocycles. The van der Waals surface area contributed by atoms with E-state index in [4.69, 9.17) is 14.0 Å². The second-order valence-corrected chi connectivity index (χ2v) is 3.65. The molecule has 0 spiro atoms. The number of carbonyl (C=O) groups excluding carboxylic acids is 1. The molecule has 0 aromatic rings. The fourth-order valence-corrected chi connectivity index (χ4v) is 2.23. The summed E-state index contributed by atoms with van der Waals surface area (Å²) in [5.74, 6) is 2.14. The zero-order valence-electron chi connectivity index (χ0n) is 9.17. The van der Waals surface area contributed by atoms with Crippen molar-refractivity contribution in [3.05, 3.63) is 56.8 Å². The first-order valence-electron chi connectivity index (χ1n) is 4.24. The minimum absolute atomic E-state index is 0. The first kappa shape index (κ1) is 22.9. The van der Waals surface area contributed by atoms with Crippen molar-refractivity contribution < 1.29 is 36.1 Å². The van der Waals surface area contributed by atoms with Gasteiger partial charge in [-0.05, 0) is 25.7 Å². The largest absolute Gasteiger partial charge is 0 e. The Morgan fingerprint density at radius 1 is 1.00 bits per heavy atom. The van der Waals surface area contributed by atoms with Crippen LogP contribution >= 0.6 is 11.8 Å². The number of thioether (sulfide) groups is 1. The molecule has 1 aliphatic heterocycles. The van der Waals surface area contributed by atoms with Gasteiger partial charge in [0.1, 0.15) is 5.78 Å². The molecule has 1 heterocycles. The summed E-state index contributed by atoms with van der Waals surface area (Å²) in [6, 6.07) is 0. The Hall–Kier alpha value is -0.228. The van der Waals surface area contributed by atoms with Gasteiger partial charge in [0.05, 0.1) is 5.92 Å². The van der Waals surface area contributed by atoms with E-state index in [0.29, 0.717) is 12.2 Å². The maximum absolute atomic E-state index is 11.3. The summed E-state index contributed by atoms with van der Waals surface area (Å²) in [5, 5.41) is 1.14. The normalized spacial score (nSPS) is 17.8. The molecular weight excluding hydrogens is 292 g/mol. The maximum Gasteiger partial charge on any atom is 0 e. The predicted octanol–water partition coefficient (Wildman–Crippen LogP) is 1.51. The molecule has 92 valence electrons. The Balaban J connectivity index is -0.000000285. The van der Waals surface area contributed by atoms with Crippen LogP contribution < -0.4 is 0 Å². The van der Waals surface area contributed by atoms with Crippen molar-refractivity contribution >= 4 is 17.5 Å². The summed E-state index contributed by atoms with van der Waals surface area (Å²) in [6.07, 6.45) is 8.51. The monoisotopic (exact) mass is 300 g/mol. The first-order valence-corrected chi connectivity index (χ1v) is 5.23. The third kappa shape index (κ3) is 7.98. The van der Waals surface area contributed by atoms with Crippen LogP contribution in [0.4, 0.5) is 0 Å². The zero-order chi connectivity index (χ0) is 13.7. The quantitative estimate of drug-likeness (QED) is 0.502. The van der Waals surface area contributed by atoms with Gasteiger partial charge in [-0.25, -0.2) is 0 Å². The van der Waals surface area contributed by atoms with Crippen molar-refractivity contribution in [1.82, 2.24) is 0 Å². The molecule has 2 aliphatic rings. The standard InChI is InChI=1S/C9H8OS.3CO.Cr/c10-8-5-6-11-9-4-2-1-3-7(8)9;3*1-2;/h1-4H,5-6H2;;;;. The Morgan fingerprint density at radius 3 is 2.00 bits per heavy atom. The second kappa shape index (κ2) is 16.8. The van der Waals surface area contributed by atoms with Gasteiger partial charge in [-0.15, -0.1) is 0 Å². The van der Waals surface area contributed by atoms with Crippen molar-refractivity contribution in [3.63, 3.8) is 0 Å². The van der Waals surface area contributed by atoms with Gasteiger partial charge in [0.25, 0.3) is 0 Å². The molecular formula is C12H8CrO4S. The third-order valence-corrected chi connectivity index (χ3v) is 2.85. The molecule has 2 rings (SSSR count). The second-order valence-electron chi connectivity index (χ2n) is 2.52. The van der Waals surface area contributed by atoms with E-state index in [9.17, 15) is 4.79 Å². The van der Waals surface area contributed by atoms with Gasteiger partial charge < -0.3 is 0 Å². The molecule has 0 N–H and O–H groups in total. The fraction of sp³-hybridized carbons (Fsp3) is 0.167. The van der Waals surface area contributed by atoms with Crippen molar-refractivity contribution in [1.29, 1.82) is 0 Å². The molecule has 2 fully saturated rings. The van der Waals surface area contributed by atoms with Gasteiger partial charge >= 0.3 is 33.9 Å². The molecule has 0 unspecified atom stereocenters. The average molecular weight is 300 g/mol. The predicted molar refractivity (Wildman–Crippen MR) is 57.6 cm³/mol. The van der Waals surface area contributed by atoms with E-state index in [0.717, 1.165) is 16.9 Å². The Morgan fingerprint density at radius 2 is 1.50 bits per heavy atom. The van der Waals surface area contributed by atoms with E-state index < -0.39 is 0 Å². The molecule has 0 aromatic heterocycles. The number of hydrogen-bond acceptors (Lipinski definition) is 2. The van der Waals surface area contributed by atoms with Crippen LogP contribution in [0.25, 0.3) is 0 Å². The molecule has 0 aromatic carbocycles. The Kier molecular flexibility index (Phi) is 21.3. The molecule has 0 bridgehead atoms. The van der Waals surface area contributed by atoms with Crippen molar-refractivity contribution in [2.24, 2.45) is 0 Å². The van der Waals surface area contributed by atoms with E-state index in [1.54, 1.807) is 11.8 Å². The van der Waals surface area contributed by atoms with Crippen LogP contribution in [0.3, 0.4) is 0 Å². The van der Waals surface area contributed by atoms with Crippen LogP contribution in [0.1, 0.15) is 6.42 Å². The summed E-state index contributed by atoms with van der Waals surface area (Å²) in [4.78, 5) is 11.3. The molecule has 0 atom stereocenters. The summed E-state index contributed by atoms with van der Waals surface area (Å²) in [6.45, 7) is 13.5. The molecule has 6 heteroatoms. The van der Waals surface area contributed by atoms with E-state index in [-0.39, 0.29) is 17.4 Å². The average Bonchev–Trinajstić information content (AvgIpc) is 2.46. The third-order valence-electron chi connectivity index (χ3n) is 1.77. The first-order chi connectivity index (χ1) is 8.38. The van der Waals surface area contributed by atoms with Crippen LogP contribution in [0.15, 0.2) is 0 Å². The van der Waals surface area contributed by atoms with E-state index in [1.165, 1.54) is 0 Å². The fourth-order valence-electron chi connectivity index (χ4n) is 1.21. The summed E-state index contributed by atoms with van der Waals surface area (Å²) in [5.41, 5.74) is 0. The SMILES string of the molecule is O=C1CCS[C]2[CH][CH][CH][CH][C]21.[C-]#[O+].[C-]#[O+].[C-]#[O+].[Cr]. The zero-order valence-corrected chi connectivity index (χ0v) is 11.3. The smallest absolute Gasteiger partial charge is 0 e. The maximum atomic E-state index is 11.3. The number of fused-ring (bicyclic) bond motifs is 1. The van der Waals surface area contributed by atoms with Gasteiger partial charge in [0.2, 0.25) is 0 Å². The van der Waals surface area contributed by atoms with Crippen LogP contribution in [0, 0.1) is 56.8 Å². The van der Waals surface area contributed by atoms with Crippen LogP contribution in [-0.4, -0.2) is 11.5 Å². The summed E-state index contributed by atoms with van der Waals surface area (Å²) >= 11 is 1.77. The minimum atomic E-state index is 0. The van der Waals surface area contributed by atoms with Crippen LogP contribution in [-0.2, 0) is 36.1 Å². The van der Waals surface area contributed by atoms with E-state index in [2.05, 4.69) is 20.0 Å². The van der Waals surface area contributed by atoms with Gasteiger partial charge in [-0.1, -0.05) is 0 Å². The number of Topliss-reactive ketones (excluding diaryl/α,β-unsaturated/α-hetero) is 1. The number of rotatable bonds is 0. The molecule has 1 aliphatic carbocycles. The summed E-state index contributed by atoms with van der Waals surface area (Å²) < 4.78 is 22.5. The topological polar surface area (TPSA) is 76.8 Å². The Labute approximate surface area is 123 Å². The van der Waals surface area contributed by atoms with Crippen molar-refractivity contribution in [2.75, 3.05) is 5.75 Å². The molecule has 4 nitrogen and oxygen atoms in total. The van der Waals surface area contributed by atoms with Gasteiger partial charge in [-0.2, -0.15) is 11.8 Å². The van der Waals surface area contributed by atoms with E-state index in [1.807, 2.05) is 25.7 Å². The van der Waals surface area contributed by atoms with Crippen molar-refractivity contribution in [2.45, 2.75) is 6.42 Å².